The summed E-state index contributed by atoms with van der Waals surface area (Å²) in [5.74, 6) is -0.249. The summed E-state index contributed by atoms with van der Waals surface area (Å²) in [5, 5.41) is 0. The molecule has 0 N–H and O–H groups in total. The molecule has 0 spiro atoms. The van der Waals surface area contributed by atoms with E-state index in [-0.39, 0.29) is 11.9 Å². The summed E-state index contributed by atoms with van der Waals surface area (Å²) >= 11 is 0. The van der Waals surface area contributed by atoms with Crippen molar-refractivity contribution in [2.75, 3.05) is 6.26 Å². The van der Waals surface area contributed by atoms with Crippen molar-refractivity contribution in [3.05, 3.63) is 35.1 Å². The third kappa shape index (κ3) is 2.80. The molecule has 3 nitrogen and oxygen atoms in total. The summed E-state index contributed by atoms with van der Waals surface area (Å²) in [4.78, 5) is 0. The second kappa shape index (κ2) is 4.14. The topological polar surface area (TPSA) is 43.4 Å². The molecule has 16 heavy (non-hydrogen) atoms. The highest BCUT2D eigenvalue weighted by Crippen LogP contribution is 2.24. The summed E-state index contributed by atoms with van der Waals surface area (Å²) < 4.78 is 39.8. The maximum Gasteiger partial charge on any atom is 0.264 e. The Morgan fingerprint density at radius 1 is 1.38 bits per heavy atom. The maximum atomic E-state index is 12.9. The first kappa shape index (κ1) is 11.5. The molecule has 0 radical (unpaired) electrons. The molecule has 1 atom stereocenters. The first-order valence-corrected chi connectivity index (χ1v) is 6.91. The third-order valence-electron chi connectivity index (χ3n) is 2.66. The minimum Gasteiger partial charge on any atom is -0.267 e. The van der Waals surface area contributed by atoms with Crippen LogP contribution in [0.5, 0.6) is 0 Å². The van der Waals surface area contributed by atoms with Gasteiger partial charge in [-0.15, -0.1) is 0 Å². The number of rotatable bonds is 2. The largest absolute Gasteiger partial charge is 0.267 e. The molecule has 0 saturated carbocycles. The van der Waals surface area contributed by atoms with Crippen molar-refractivity contribution < 1.29 is 17.0 Å². The molecule has 0 fully saturated rings. The number of hydrogen-bond donors (Lipinski definition) is 0. The lowest BCUT2D eigenvalue weighted by atomic mass is 9.90. The minimum atomic E-state index is -3.41. The Kier molecular flexibility index (Phi) is 2.99. The second-order valence-electron chi connectivity index (χ2n) is 4.08. The molecule has 0 unspecified atom stereocenters. The molecular weight excluding hydrogens is 231 g/mol. The number of fused-ring (bicyclic) bond motifs is 1. The Hall–Kier alpha value is -0.940. The van der Waals surface area contributed by atoms with Crippen LogP contribution in [0.2, 0.25) is 0 Å². The third-order valence-corrected chi connectivity index (χ3v) is 3.28. The molecular formula is C11H13FO3S. The average Bonchev–Trinajstić information content (AvgIpc) is 2.16. The quantitative estimate of drug-likeness (QED) is 0.743. The highest BCUT2D eigenvalue weighted by atomic mass is 32.2. The number of benzene rings is 1. The summed E-state index contributed by atoms with van der Waals surface area (Å²) in [5.41, 5.74) is 1.93. The highest BCUT2D eigenvalue weighted by molar-refractivity contribution is 7.86. The number of hydrogen-bond acceptors (Lipinski definition) is 3. The standard InChI is InChI=1S/C11H13FO3S/c1-16(13,14)15-11-5-3-8-6-10(12)4-2-9(8)7-11/h2,4,6,11H,3,5,7H2,1H3/t11-/m1/s1. The van der Waals surface area contributed by atoms with Crippen molar-refractivity contribution >= 4 is 10.1 Å². The van der Waals surface area contributed by atoms with Crippen molar-refractivity contribution in [3.63, 3.8) is 0 Å². The molecule has 0 aliphatic heterocycles. The Morgan fingerprint density at radius 2 is 2.12 bits per heavy atom. The van der Waals surface area contributed by atoms with Crippen molar-refractivity contribution in [1.29, 1.82) is 0 Å². The normalized spacial score (nSPS) is 20.5. The lowest BCUT2D eigenvalue weighted by Crippen LogP contribution is -2.25. The lowest BCUT2D eigenvalue weighted by molar-refractivity contribution is 0.194. The molecule has 1 aromatic rings. The van der Waals surface area contributed by atoms with Gasteiger partial charge in [0.05, 0.1) is 12.4 Å². The van der Waals surface area contributed by atoms with Gasteiger partial charge in [-0.3, -0.25) is 4.18 Å². The van der Waals surface area contributed by atoms with Gasteiger partial charge in [-0.1, -0.05) is 6.07 Å². The van der Waals surface area contributed by atoms with Crippen LogP contribution >= 0.6 is 0 Å². The maximum absolute atomic E-state index is 12.9. The van der Waals surface area contributed by atoms with E-state index < -0.39 is 10.1 Å². The van der Waals surface area contributed by atoms with Crippen molar-refractivity contribution in [1.82, 2.24) is 0 Å². The van der Waals surface area contributed by atoms with Crippen molar-refractivity contribution in [3.8, 4) is 0 Å². The molecule has 0 amide bonds. The molecule has 0 aromatic heterocycles. The molecule has 2 rings (SSSR count). The SMILES string of the molecule is CS(=O)(=O)O[C@@H]1CCc2cc(F)ccc2C1. The summed E-state index contributed by atoms with van der Waals surface area (Å²) in [7, 11) is -3.41. The molecule has 0 saturated heterocycles. The van der Waals surface area contributed by atoms with Crippen LogP contribution in [-0.4, -0.2) is 20.8 Å². The Bertz CT molecular complexity index is 496. The van der Waals surface area contributed by atoms with E-state index in [2.05, 4.69) is 0 Å². The fourth-order valence-corrected chi connectivity index (χ4v) is 2.68. The Morgan fingerprint density at radius 3 is 2.81 bits per heavy atom. The van der Waals surface area contributed by atoms with Gasteiger partial charge in [0, 0.05) is 6.42 Å². The summed E-state index contributed by atoms with van der Waals surface area (Å²) in [6.07, 6.45) is 2.54. The van der Waals surface area contributed by atoms with Gasteiger partial charge >= 0.3 is 0 Å². The van der Waals surface area contributed by atoms with Gasteiger partial charge in [0.25, 0.3) is 10.1 Å². The van der Waals surface area contributed by atoms with Crippen LogP contribution < -0.4 is 0 Å². The van der Waals surface area contributed by atoms with E-state index in [0.29, 0.717) is 19.3 Å². The van der Waals surface area contributed by atoms with Crippen LogP contribution in [0.15, 0.2) is 18.2 Å². The van der Waals surface area contributed by atoms with E-state index in [1.54, 1.807) is 6.07 Å². The van der Waals surface area contributed by atoms with E-state index >= 15 is 0 Å². The molecule has 0 bridgehead atoms. The van der Waals surface area contributed by atoms with Crippen LogP contribution in [0.4, 0.5) is 4.39 Å². The molecule has 1 aromatic carbocycles. The second-order valence-corrected chi connectivity index (χ2v) is 5.68. The first-order chi connectivity index (χ1) is 7.44. The van der Waals surface area contributed by atoms with E-state index in [0.717, 1.165) is 17.4 Å². The van der Waals surface area contributed by atoms with Gasteiger partial charge in [-0.2, -0.15) is 8.42 Å². The van der Waals surface area contributed by atoms with Crippen molar-refractivity contribution in [2.45, 2.75) is 25.4 Å². The van der Waals surface area contributed by atoms with Gasteiger partial charge in [0.2, 0.25) is 0 Å². The van der Waals surface area contributed by atoms with Gasteiger partial charge in [0.1, 0.15) is 5.82 Å². The van der Waals surface area contributed by atoms with E-state index in [9.17, 15) is 12.8 Å². The zero-order chi connectivity index (χ0) is 11.8. The monoisotopic (exact) mass is 244 g/mol. The van der Waals surface area contributed by atoms with Crippen molar-refractivity contribution in [2.24, 2.45) is 0 Å². The molecule has 5 heteroatoms. The van der Waals surface area contributed by atoms with E-state index in [4.69, 9.17) is 4.18 Å². The summed E-state index contributed by atoms with van der Waals surface area (Å²) in [6, 6.07) is 4.59. The van der Waals surface area contributed by atoms with Gasteiger partial charge in [-0.05, 0) is 36.1 Å². The van der Waals surface area contributed by atoms with Gasteiger partial charge in [0.15, 0.2) is 0 Å². The zero-order valence-electron chi connectivity index (χ0n) is 8.94. The Balaban J connectivity index is 2.15. The molecule has 1 aliphatic rings. The average molecular weight is 244 g/mol. The number of aryl methyl sites for hydroxylation is 1. The predicted molar refractivity (Wildman–Crippen MR) is 58.1 cm³/mol. The van der Waals surface area contributed by atoms with Crippen LogP contribution in [0.1, 0.15) is 17.5 Å². The van der Waals surface area contributed by atoms with Gasteiger partial charge < -0.3 is 0 Å². The van der Waals surface area contributed by atoms with Crippen LogP contribution in [0.25, 0.3) is 0 Å². The molecule has 1 aliphatic carbocycles. The molecule has 88 valence electrons. The fraction of sp³-hybridized carbons (Fsp3) is 0.455. The smallest absolute Gasteiger partial charge is 0.264 e. The van der Waals surface area contributed by atoms with Crippen LogP contribution in [0, 0.1) is 5.82 Å². The lowest BCUT2D eigenvalue weighted by Gasteiger charge is -2.23. The zero-order valence-corrected chi connectivity index (χ0v) is 9.76. The van der Waals surface area contributed by atoms with Crippen LogP contribution in [-0.2, 0) is 27.1 Å². The predicted octanol–water partition coefficient (Wildman–Crippen LogP) is 1.66. The number of halogens is 1. The van der Waals surface area contributed by atoms with Gasteiger partial charge in [-0.25, -0.2) is 4.39 Å². The Labute approximate surface area is 94.4 Å². The summed E-state index contributed by atoms with van der Waals surface area (Å²) in [6.45, 7) is 0. The molecule has 0 heterocycles. The van der Waals surface area contributed by atoms with Crippen LogP contribution in [0.3, 0.4) is 0 Å². The first-order valence-electron chi connectivity index (χ1n) is 5.09. The van der Waals surface area contributed by atoms with E-state index in [1.165, 1.54) is 12.1 Å². The fourth-order valence-electron chi connectivity index (χ4n) is 2.02. The van der Waals surface area contributed by atoms with E-state index in [1.807, 2.05) is 0 Å². The minimum absolute atomic E-state index is 0.249. The highest BCUT2D eigenvalue weighted by Gasteiger charge is 2.22.